The first-order valence-corrected chi connectivity index (χ1v) is 9.89. The summed E-state index contributed by atoms with van der Waals surface area (Å²) in [5, 5.41) is 32.9. The second-order valence-electron chi connectivity index (χ2n) is 7.16. The molecule has 0 saturated carbocycles. The van der Waals surface area contributed by atoms with Gasteiger partial charge in [0.05, 0.1) is 22.3 Å². The van der Waals surface area contributed by atoms with Crippen molar-refractivity contribution in [3.63, 3.8) is 0 Å². The molecular weight excluding hydrogens is 408 g/mol. The smallest absolute Gasteiger partial charge is 0.173 e. The van der Waals surface area contributed by atoms with Crippen molar-refractivity contribution < 1.29 is 9.63 Å². The number of nitrogens with zero attached hydrogens (tertiary/aromatic N) is 6. The quantitative estimate of drug-likeness (QED) is 0.376. The number of anilines is 2. The van der Waals surface area contributed by atoms with E-state index in [1.54, 1.807) is 12.4 Å². The van der Waals surface area contributed by atoms with Crippen molar-refractivity contribution in [3.05, 3.63) is 65.9 Å². The Morgan fingerprint density at radius 3 is 2.94 bits per heavy atom. The van der Waals surface area contributed by atoms with Crippen molar-refractivity contribution in [1.29, 1.82) is 5.26 Å². The Balaban J connectivity index is 1.59. The number of fused-ring (bicyclic) bond motifs is 1. The van der Waals surface area contributed by atoms with Crippen LogP contribution in [0.15, 0.2) is 53.5 Å². The zero-order chi connectivity index (χ0) is 22.1. The highest BCUT2D eigenvalue weighted by Gasteiger charge is 2.19. The predicted molar refractivity (Wildman–Crippen MR) is 116 cm³/mol. The van der Waals surface area contributed by atoms with Crippen molar-refractivity contribution >= 4 is 22.5 Å². The third kappa shape index (κ3) is 3.36. The lowest BCUT2D eigenvalue weighted by Crippen LogP contribution is -2.03. The highest BCUT2D eigenvalue weighted by molar-refractivity contribution is 5.82. The molecule has 3 N–H and O–H groups in total. The molecule has 0 atom stereocenters. The molecule has 4 heterocycles. The number of aryl methyl sites for hydroxylation is 1. The number of rotatable bonds is 6. The van der Waals surface area contributed by atoms with Crippen LogP contribution in [0.5, 0.6) is 0 Å². The molecule has 0 radical (unpaired) electrons. The molecule has 158 valence electrons. The summed E-state index contributed by atoms with van der Waals surface area (Å²) in [6.45, 7) is 1.82. The topological polar surface area (TPSA) is 141 Å². The van der Waals surface area contributed by atoms with Crippen LogP contribution in [0, 0.1) is 18.3 Å². The molecule has 0 bridgehead atoms. The highest BCUT2D eigenvalue weighted by Crippen LogP contribution is 2.30. The molecule has 0 amide bonds. The lowest BCUT2D eigenvalue weighted by Gasteiger charge is -2.11. The van der Waals surface area contributed by atoms with E-state index in [1.165, 1.54) is 6.26 Å². The third-order valence-electron chi connectivity index (χ3n) is 5.14. The summed E-state index contributed by atoms with van der Waals surface area (Å²) in [6, 6.07) is 13.4. The highest BCUT2D eigenvalue weighted by atomic mass is 16.5. The van der Waals surface area contributed by atoms with Gasteiger partial charge in [-0.15, -0.1) is 0 Å². The van der Waals surface area contributed by atoms with E-state index in [0.29, 0.717) is 29.3 Å². The first-order valence-electron chi connectivity index (χ1n) is 9.89. The van der Waals surface area contributed by atoms with Gasteiger partial charge in [0.2, 0.25) is 0 Å². The van der Waals surface area contributed by atoms with Gasteiger partial charge in [-0.1, -0.05) is 11.2 Å². The minimum atomic E-state index is -0.0257. The van der Waals surface area contributed by atoms with Crippen LogP contribution in [0.4, 0.5) is 11.5 Å². The van der Waals surface area contributed by atoms with Gasteiger partial charge in [0, 0.05) is 24.1 Å². The lowest BCUT2D eigenvalue weighted by molar-refractivity contribution is 0.299. The molecule has 0 spiro atoms. The Kier molecular flexibility index (Phi) is 4.85. The van der Waals surface area contributed by atoms with Gasteiger partial charge in [0.15, 0.2) is 11.5 Å². The minimum Gasteiger partial charge on any atom is -0.396 e. The van der Waals surface area contributed by atoms with Gasteiger partial charge < -0.3 is 14.9 Å². The van der Waals surface area contributed by atoms with E-state index in [-0.39, 0.29) is 12.3 Å². The number of aliphatic hydroxyl groups is 1. The largest absolute Gasteiger partial charge is 0.396 e. The van der Waals surface area contributed by atoms with Gasteiger partial charge >= 0.3 is 0 Å². The van der Waals surface area contributed by atoms with E-state index in [4.69, 9.17) is 9.51 Å². The van der Waals surface area contributed by atoms with E-state index in [1.807, 2.05) is 41.8 Å². The number of aromatic amines is 1. The Hall–Kier alpha value is -4.49. The zero-order valence-corrected chi connectivity index (χ0v) is 17.1. The van der Waals surface area contributed by atoms with Crippen LogP contribution in [-0.2, 0) is 6.42 Å². The standard InChI is InChI=1S/C22H18N8O2/c1-13-21(17(11-23)28-27-13)22-14(6-8-31)2-5-20(26-22)30-12-24-16-10-15(3-4-18(16)30)25-19-7-9-32-29-19/h2-5,7,9-10,12,31H,6,8H2,1H3,(H,25,29)(H,27,28). The number of H-pyrrole nitrogens is 1. The lowest BCUT2D eigenvalue weighted by atomic mass is 10.0. The Bertz CT molecular complexity index is 1440. The fourth-order valence-corrected chi connectivity index (χ4v) is 3.65. The van der Waals surface area contributed by atoms with E-state index >= 15 is 0 Å². The summed E-state index contributed by atoms with van der Waals surface area (Å²) < 4.78 is 6.72. The molecule has 0 fully saturated rings. The maximum Gasteiger partial charge on any atom is 0.173 e. The number of benzene rings is 1. The second kappa shape index (κ2) is 7.98. The average Bonchev–Trinajstić information content (AvgIpc) is 3.54. The molecule has 0 unspecified atom stereocenters. The Labute approximate surface area is 182 Å². The van der Waals surface area contributed by atoms with E-state index in [9.17, 15) is 10.4 Å². The Morgan fingerprint density at radius 2 is 2.16 bits per heavy atom. The van der Waals surface area contributed by atoms with Crippen molar-refractivity contribution in [2.24, 2.45) is 0 Å². The SMILES string of the molecule is Cc1[nH]nc(C#N)c1-c1nc(-n2cnc3cc(Nc4ccon4)ccc32)ccc1CCO. The first-order chi connectivity index (χ1) is 15.7. The normalized spacial score (nSPS) is 11.0. The number of nitriles is 1. The van der Waals surface area contributed by atoms with Gasteiger partial charge in [-0.05, 0) is 43.2 Å². The molecular formula is C22H18N8O2. The molecule has 0 saturated heterocycles. The van der Waals surface area contributed by atoms with Crippen molar-refractivity contribution in [3.8, 4) is 23.1 Å². The maximum absolute atomic E-state index is 9.50. The summed E-state index contributed by atoms with van der Waals surface area (Å²) in [5.74, 6) is 1.25. The first kappa shape index (κ1) is 19.5. The number of pyridine rings is 1. The summed E-state index contributed by atoms with van der Waals surface area (Å²) in [4.78, 5) is 9.36. The molecule has 4 aromatic heterocycles. The average molecular weight is 426 g/mol. The van der Waals surface area contributed by atoms with Crippen molar-refractivity contribution in [2.75, 3.05) is 11.9 Å². The van der Waals surface area contributed by atoms with Gasteiger partial charge in [-0.3, -0.25) is 9.67 Å². The van der Waals surface area contributed by atoms with Gasteiger partial charge in [-0.25, -0.2) is 9.97 Å². The molecule has 32 heavy (non-hydrogen) atoms. The second-order valence-corrected chi connectivity index (χ2v) is 7.16. The van der Waals surface area contributed by atoms with E-state index in [2.05, 4.69) is 31.7 Å². The van der Waals surface area contributed by atoms with Crippen LogP contribution in [0.3, 0.4) is 0 Å². The number of hydrogen-bond donors (Lipinski definition) is 3. The number of aliphatic hydroxyl groups excluding tert-OH is 1. The summed E-state index contributed by atoms with van der Waals surface area (Å²) >= 11 is 0. The zero-order valence-electron chi connectivity index (χ0n) is 17.1. The predicted octanol–water partition coefficient (Wildman–Crippen LogP) is 3.26. The fraction of sp³-hybridized carbons (Fsp3) is 0.136. The van der Waals surface area contributed by atoms with Crippen LogP contribution in [-0.4, -0.2) is 41.6 Å². The third-order valence-corrected chi connectivity index (χ3v) is 5.14. The minimum absolute atomic E-state index is 0.0257. The van der Waals surface area contributed by atoms with Crippen molar-refractivity contribution in [2.45, 2.75) is 13.3 Å². The number of imidazole rings is 1. The number of aromatic nitrogens is 6. The molecule has 0 aliphatic rings. The van der Waals surface area contributed by atoms with Crippen LogP contribution < -0.4 is 5.32 Å². The van der Waals surface area contributed by atoms with Crippen molar-refractivity contribution in [1.82, 2.24) is 29.9 Å². The summed E-state index contributed by atoms with van der Waals surface area (Å²) in [5.41, 5.74) is 5.57. The number of nitrogens with one attached hydrogen (secondary N) is 2. The van der Waals surface area contributed by atoms with Gasteiger partial charge in [0.25, 0.3) is 0 Å². The number of hydrogen-bond acceptors (Lipinski definition) is 8. The van der Waals surface area contributed by atoms with Crippen LogP contribution in [0.1, 0.15) is 17.0 Å². The van der Waals surface area contributed by atoms with Crippen LogP contribution in [0.25, 0.3) is 28.1 Å². The van der Waals surface area contributed by atoms with Crippen LogP contribution >= 0.6 is 0 Å². The van der Waals surface area contributed by atoms with Gasteiger partial charge in [-0.2, -0.15) is 10.4 Å². The Morgan fingerprint density at radius 1 is 1.25 bits per heavy atom. The summed E-state index contributed by atoms with van der Waals surface area (Å²) in [6.07, 6.45) is 3.62. The van der Waals surface area contributed by atoms with E-state index < -0.39 is 0 Å². The molecule has 0 aliphatic carbocycles. The molecule has 1 aromatic carbocycles. The summed E-state index contributed by atoms with van der Waals surface area (Å²) in [7, 11) is 0. The van der Waals surface area contributed by atoms with Gasteiger partial charge in [0.1, 0.15) is 24.5 Å². The maximum atomic E-state index is 9.50. The molecule has 0 aliphatic heterocycles. The molecule has 5 rings (SSSR count). The molecule has 5 aromatic rings. The van der Waals surface area contributed by atoms with E-state index in [0.717, 1.165) is 28.0 Å². The fourth-order valence-electron chi connectivity index (χ4n) is 3.65. The molecule has 10 nitrogen and oxygen atoms in total. The molecule has 10 heteroatoms. The monoisotopic (exact) mass is 426 g/mol. The van der Waals surface area contributed by atoms with Crippen LogP contribution in [0.2, 0.25) is 0 Å².